The fraction of sp³-hybridized carbons (Fsp3) is 0.394. The highest BCUT2D eigenvalue weighted by molar-refractivity contribution is 6.35. The van der Waals surface area contributed by atoms with Gasteiger partial charge in [-0.3, -0.25) is 9.59 Å². The Hall–Kier alpha value is -3.22. The van der Waals surface area contributed by atoms with E-state index in [9.17, 15) is 9.59 Å². The number of nitrogens with one attached hydrogen (secondary N) is 1. The summed E-state index contributed by atoms with van der Waals surface area (Å²) in [6.45, 7) is 9.64. The Morgan fingerprint density at radius 3 is 2.24 bits per heavy atom. The van der Waals surface area contributed by atoms with Crippen LogP contribution in [0.3, 0.4) is 0 Å². The monoisotopic (exact) mass is 598 g/mol. The number of carbonyl (C=O) groups is 2. The van der Waals surface area contributed by atoms with Crippen LogP contribution < -0.4 is 14.8 Å². The predicted molar refractivity (Wildman–Crippen MR) is 166 cm³/mol. The van der Waals surface area contributed by atoms with Crippen molar-refractivity contribution in [3.05, 3.63) is 93.5 Å². The maximum absolute atomic E-state index is 14.0. The molecule has 1 atom stereocenters. The van der Waals surface area contributed by atoms with Gasteiger partial charge in [-0.15, -0.1) is 0 Å². The number of ether oxygens (including phenoxy) is 2. The van der Waals surface area contributed by atoms with Gasteiger partial charge in [-0.25, -0.2) is 0 Å². The standard InChI is InChI=1S/C33H40Cl2N2O4/c1-5-40-30-16-12-25(19-31(30)41-6-2)13-17-32(38)37(22-26-14-15-27(34)20-28(26)35)29(33(39)36-21-23(3)4)18-24-10-8-7-9-11-24/h7-12,14-16,19-20,23,29H,5-6,13,17-18,21-22H2,1-4H3,(H,36,39)/t29-/m1/s1. The van der Waals surface area contributed by atoms with Gasteiger partial charge >= 0.3 is 0 Å². The van der Waals surface area contributed by atoms with Gasteiger partial charge in [0.15, 0.2) is 11.5 Å². The molecule has 220 valence electrons. The molecule has 3 aromatic rings. The minimum absolute atomic E-state index is 0.150. The summed E-state index contributed by atoms with van der Waals surface area (Å²) < 4.78 is 11.5. The van der Waals surface area contributed by atoms with Gasteiger partial charge in [-0.05, 0) is 67.1 Å². The lowest BCUT2D eigenvalue weighted by Gasteiger charge is -2.32. The highest BCUT2D eigenvalue weighted by Gasteiger charge is 2.30. The van der Waals surface area contributed by atoms with Gasteiger partial charge < -0.3 is 19.7 Å². The molecule has 41 heavy (non-hydrogen) atoms. The summed E-state index contributed by atoms with van der Waals surface area (Å²) in [5, 5.41) is 4.00. The van der Waals surface area contributed by atoms with Crippen LogP contribution >= 0.6 is 23.2 Å². The molecular weight excluding hydrogens is 559 g/mol. The molecule has 3 aromatic carbocycles. The molecule has 0 radical (unpaired) electrons. The number of nitrogens with zero attached hydrogens (tertiary/aromatic N) is 1. The number of hydrogen-bond acceptors (Lipinski definition) is 4. The van der Waals surface area contributed by atoms with E-state index in [1.807, 2.05) is 76.2 Å². The molecule has 6 nitrogen and oxygen atoms in total. The lowest BCUT2D eigenvalue weighted by Crippen LogP contribution is -2.51. The Bertz CT molecular complexity index is 1280. The highest BCUT2D eigenvalue weighted by atomic mass is 35.5. The van der Waals surface area contributed by atoms with E-state index in [0.717, 1.165) is 16.7 Å². The summed E-state index contributed by atoms with van der Waals surface area (Å²) in [6.07, 6.45) is 1.05. The Balaban J connectivity index is 1.92. The second-order valence-electron chi connectivity index (χ2n) is 10.2. The van der Waals surface area contributed by atoms with Gasteiger partial charge in [-0.2, -0.15) is 0 Å². The summed E-state index contributed by atoms with van der Waals surface area (Å²) in [5.74, 6) is 1.25. The third-order valence-corrected chi connectivity index (χ3v) is 7.13. The normalized spacial score (nSPS) is 11.7. The highest BCUT2D eigenvalue weighted by Crippen LogP contribution is 2.30. The lowest BCUT2D eigenvalue weighted by molar-refractivity contribution is -0.141. The van der Waals surface area contributed by atoms with Gasteiger partial charge in [0.25, 0.3) is 0 Å². The maximum Gasteiger partial charge on any atom is 0.243 e. The smallest absolute Gasteiger partial charge is 0.243 e. The summed E-state index contributed by atoms with van der Waals surface area (Å²) >= 11 is 12.7. The van der Waals surface area contributed by atoms with Crippen LogP contribution in [0.15, 0.2) is 66.7 Å². The molecule has 0 spiro atoms. The molecule has 0 aromatic heterocycles. The van der Waals surface area contributed by atoms with Crippen LogP contribution in [0.25, 0.3) is 0 Å². The van der Waals surface area contributed by atoms with Crippen molar-refractivity contribution in [2.45, 2.75) is 59.5 Å². The second-order valence-corrected chi connectivity index (χ2v) is 11.1. The molecule has 0 fully saturated rings. The number of hydrogen-bond donors (Lipinski definition) is 1. The van der Waals surface area contributed by atoms with Gasteiger partial charge in [0.1, 0.15) is 6.04 Å². The first-order valence-electron chi connectivity index (χ1n) is 14.1. The zero-order valence-corrected chi connectivity index (χ0v) is 25.8. The Morgan fingerprint density at radius 2 is 1.59 bits per heavy atom. The van der Waals surface area contributed by atoms with Gasteiger partial charge in [0.2, 0.25) is 11.8 Å². The fourth-order valence-electron chi connectivity index (χ4n) is 4.46. The van der Waals surface area contributed by atoms with E-state index in [0.29, 0.717) is 54.1 Å². The van der Waals surface area contributed by atoms with Crippen molar-refractivity contribution in [2.75, 3.05) is 19.8 Å². The van der Waals surface area contributed by atoms with Crippen LogP contribution in [0.2, 0.25) is 10.0 Å². The zero-order valence-electron chi connectivity index (χ0n) is 24.3. The molecular formula is C33H40Cl2N2O4. The molecule has 0 bridgehead atoms. The number of halogens is 2. The average Bonchev–Trinajstić information content (AvgIpc) is 2.95. The molecule has 3 rings (SSSR count). The van der Waals surface area contributed by atoms with Crippen molar-refractivity contribution >= 4 is 35.0 Å². The molecule has 0 aliphatic carbocycles. The first-order valence-corrected chi connectivity index (χ1v) is 14.9. The second kappa shape index (κ2) is 16.3. The van der Waals surface area contributed by atoms with Crippen LogP contribution in [-0.2, 0) is 29.0 Å². The van der Waals surface area contributed by atoms with Crippen molar-refractivity contribution in [2.24, 2.45) is 5.92 Å². The Morgan fingerprint density at radius 1 is 0.878 bits per heavy atom. The van der Waals surface area contributed by atoms with E-state index in [1.165, 1.54) is 0 Å². The fourth-order valence-corrected chi connectivity index (χ4v) is 4.92. The third-order valence-electron chi connectivity index (χ3n) is 6.55. The summed E-state index contributed by atoms with van der Waals surface area (Å²) in [6, 6.07) is 19.9. The molecule has 1 N–H and O–H groups in total. The third kappa shape index (κ3) is 9.98. The van der Waals surface area contributed by atoms with E-state index < -0.39 is 6.04 Å². The molecule has 0 heterocycles. The number of amides is 2. The maximum atomic E-state index is 14.0. The van der Waals surface area contributed by atoms with Crippen molar-refractivity contribution in [1.29, 1.82) is 0 Å². The molecule has 0 unspecified atom stereocenters. The van der Waals surface area contributed by atoms with Crippen LogP contribution in [0, 0.1) is 5.92 Å². The Labute approximate surface area is 253 Å². The summed E-state index contributed by atoms with van der Waals surface area (Å²) in [5.41, 5.74) is 2.63. The van der Waals surface area contributed by atoms with Crippen LogP contribution in [0.4, 0.5) is 0 Å². The largest absolute Gasteiger partial charge is 0.490 e. The zero-order chi connectivity index (χ0) is 29.8. The molecule has 0 aliphatic rings. The first kappa shape index (κ1) is 32.3. The van der Waals surface area contributed by atoms with E-state index >= 15 is 0 Å². The Kier molecular flexibility index (Phi) is 12.8. The first-order chi connectivity index (χ1) is 19.7. The van der Waals surface area contributed by atoms with Crippen molar-refractivity contribution in [1.82, 2.24) is 10.2 Å². The van der Waals surface area contributed by atoms with Crippen molar-refractivity contribution in [3.8, 4) is 11.5 Å². The van der Waals surface area contributed by atoms with E-state index in [-0.39, 0.29) is 30.7 Å². The van der Waals surface area contributed by atoms with E-state index in [2.05, 4.69) is 5.32 Å². The SMILES string of the molecule is CCOc1ccc(CCC(=O)N(Cc2ccc(Cl)cc2Cl)[C@H](Cc2ccccc2)C(=O)NCC(C)C)cc1OCC. The number of aryl methyl sites for hydroxylation is 1. The van der Waals surface area contributed by atoms with Gasteiger partial charge in [0.05, 0.1) is 13.2 Å². The molecule has 0 saturated heterocycles. The summed E-state index contributed by atoms with van der Waals surface area (Å²) in [7, 11) is 0. The number of rotatable bonds is 15. The van der Waals surface area contributed by atoms with Crippen molar-refractivity contribution in [3.63, 3.8) is 0 Å². The van der Waals surface area contributed by atoms with E-state index in [4.69, 9.17) is 32.7 Å². The van der Waals surface area contributed by atoms with Crippen LogP contribution in [-0.4, -0.2) is 42.5 Å². The van der Waals surface area contributed by atoms with Crippen molar-refractivity contribution < 1.29 is 19.1 Å². The van der Waals surface area contributed by atoms with Gasteiger partial charge in [-0.1, -0.05) is 79.5 Å². The molecule has 8 heteroatoms. The van der Waals surface area contributed by atoms with Gasteiger partial charge in [0, 0.05) is 36.0 Å². The van der Waals surface area contributed by atoms with Crippen LogP contribution in [0.5, 0.6) is 11.5 Å². The van der Waals surface area contributed by atoms with E-state index in [1.54, 1.807) is 23.1 Å². The predicted octanol–water partition coefficient (Wildman–Crippen LogP) is 7.14. The molecule has 2 amide bonds. The quantitative estimate of drug-likeness (QED) is 0.202. The topological polar surface area (TPSA) is 67.9 Å². The lowest BCUT2D eigenvalue weighted by atomic mass is 10.0. The minimum atomic E-state index is -0.727. The minimum Gasteiger partial charge on any atom is -0.490 e. The number of benzene rings is 3. The summed E-state index contributed by atoms with van der Waals surface area (Å²) in [4.78, 5) is 29.3. The molecule has 0 aliphatic heterocycles. The molecule has 0 saturated carbocycles. The van der Waals surface area contributed by atoms with Crippen LogP contribution in [0.1, 0.15) is 50.8 Å². The average molecular weight is 600 g/mol. The number of carbonyl (C=O) groups excluding carboxylic acids is 2.